The van der Waals surface area contributed by atoms with Crippen molar-refractivity contribution in [3.8, 4) is 5.75 Å². The molecule has 7 nitrogen and oxygen atoms in total. The molecule has 1 heterocycles. The van der Waals surface area contributed by atoms with Gasteiger partial charge in [-0.25, -0.2) is 9.59 Å². The second-order valence-corrected chi connectivity index (χ2v) is 7.32. The van der Waals surface area contributed by atoms with Crippen molar-refractivity contribution in [1.29, 1.82) is 0 Å². The third-order valence-electron chi connectivity index (χ3n) is 3.77. The summed E-state index contributed by atoms with van der Waals surface area (Å²) >= 11 is 0. The highest BCUT2D eigenvalue weighted by molar-refractivity contribution is 5.86. The summed E-state index contributed by atoms with van der Waals surface area (Å²) in [5.74, 6) is -0.0835. The number of rotatable bonds is 5. The summed E-state index contributed by atoms with van der Waals surface area (Å²) in [6.07, 6.45) is 0.0239. The van der Waals surface area contributed by atoms with Gasteiger partial charge in [-0.15, -0.1) is 0 Å². The van der Waals surface area contributed by atoms with E-state index in [1.165, 1.54) is 6.07 Å². The van der Waals surface area contributed by atoms with Crippen molar-refractivity contribution in [2.75, 3.05) is 6.54 Å². The predicted octanol–water partition coefficient (Wildman–Crippen LogP) is 3.62. The van der Waals surface area contributed by atoms with Gasteiger partial charge in [-0.05, 0) is 58.7 Å². The van der Waals surface area contributed by atoms with Gasteiger partial charge in [0.1, 0.15) is 16.9 Å². The number of esters is 1. The molecule has 0 bridgehead atoms. The summed E-state index contributed by atoms with van der Waals surface area (Å²) < 4.78 is 15.7. The Labute approximate surface area is 157 Å². The molecule has 1 aromatic carbocycles. The Hall–Kier alpha value is -2.83. The zero-order valence-corrected chi connectivity index (χ0v) is 16.3. The van der Waals surface area contributed by atoms with Gasteiger partial charge in [-0.3, -0.25) is 4.79 Å². The van der Waals surface area contributed by atoms with Gasteiger partial charge in [0, 0.05) is 30.0 Å². The molecule has 7 heteroatoms. The Morgan fingerprint density at radius 1 is 1.19 bits per heavy atom. The van der Waals surface area contributed by atoms with Crippen molar-refractivity contribution in [2.24, 2.45) is 0 Å². The maximum absolute atomic E-state index is 12.0. The van der Waals surface area contributed by atoms with Gasteiger partial charge in [0.2, 0.25) is 0 Å². The molecule has 2 rings (SSSR count). The van der Waals surface area contributed by atoms with Gasteiger partial charge in [0.05, 0.1) is 0 Å². The number of benzene rings is 1. The van der Waals surface area contributed by atoms with Crippen molar-refractivity contribution < 1.29 is 23.5 Å². The molecule has 0 aliphatic rings. The lowest BCUT2D eigenvalue weighted by Gasteiger charge is -2.19. The van der Waals surface area contributed by atoms with E-state index in [9.17, 15) is 14.4 Å². The number of hydrogen-bond acceptors (Lipinski definition) is 6. The first-order valence-electron chi connectivity index (χ1n) is 8.78. The Balaban J connectivity index is 1.92. The molecular formula is C20H25NO6. The van der Waals surface area contributed by atoms with E-state index in [0.29, 0.717) is 29.9 Å². The Morgan fingerprint density at radius 3 is 2.56 bits per heavy atom. The number of aryl methyl sites for hydroxylation is 2. The van der Waals surface area contributed by atoms with Crippen molar-refractivity contribution in [2.45, 2.75) is 53.1 Å². The average molecular weight is 375 g/mol. The topological polar surface area (TPSA) is 94.8 Å². The largest absolute Gasteiger partial charge is 0.444 e. The molecule has 146 valence electrons. The van der Waals surface area contributed by atoms with Crippen molar-refractivity contribution in [1.82, 2.24) is 5.32 Å². The molecule has 0 aliphatic heterocycles. The number of alkyl carbamates (subject to hydrolysis) is 1. The monoisotopic (exact) mass is 375 g/mol. The molecular weight excluding hydrogens is 350 g/mol. The fourth-order valence-corrected chi connectivity index (χ4v) is 2.52. The first kappa shape index (κ1) is 20.5. The van der Waals surface area contributed by atoms with Crippen LogP contribution in [0.1, 0.15) is 44.7 Å². The Morgan fingerprint density at radius 2 is 1.89 bits per heavy atom. The van der Waals surface area contributed by atoms with Crippen LogP contribution in [-0.4, -0.2) is 24.2 Å². The first-order valence-corrected chi connectivity index (χ1v) is 8.78. The summed E-state index contributed by atoms with van der Waals surface area (Å²) in [5.41, 5.74) is 0.796. The molecule has 2 aromatic rings. The minimum Gasteiger partial charge on any atom is -0.444 e. The molecule has 1 amide bonds. The van der Waals surface area contributed by atoms with Gasteiger partial charge in [0.25, 0.3) is 0 Å². The molecule has 0 saturated heterocycles. The van der Waals surface area contributed by atoms with E-state index in [1.807, 2.05) is 6.92 Å². The number of carbonyl (C=O) groups is 2. The van der Waals surface area contributed by atoms with Crippen LogP contribution in [0.15, 0.2) is 27.4 Å². The summed E-state index contributed by atoms with van der Waals surface area (Å²) in [6, 6.07) is 4.86. The van der Waals surface area contributed by atoms with Crippen LogP contribution in [0.5, 0.6) is 5.75 Å². The summed E-state index contributed by atoms with van der Waals surface area (Å²) in [7, 11) is 0. The highest BCUT2D eigenvalue weighted by Gasteiger charge is 2.16. The molecule has 0 fully saturated rings. The molecule has 0 spiro atoms. The Bertz CT molecular complexity index is 907. The maximum atomic E-state index is 12.0. The first-order chi connectivity index (χ1) is 12.6. The van der Waals surface area contributed by atoms with Crippen molar-refractivity contribution >= 4 is 23.0 Å². The molecule has 0 aliphatic carbocycles. The second-order valence-electron chi connectivity index (χ2n) is 7.32. The third kappa shape index (κ3) is 5.84. The standard InChI is InChI=1S/C20H25NO6/c1-12-11-17(23)26-18-13(2)15(9-8-14(12)18)25-16(22)7-6-10-21-19(24)27-20(3,4)5/h8-9,11H,6-7,10H2,1-5H3,(H,21,24). The minimum absolute atomic E-state index is 0.130. The van der Waals surface area contributed by atoms with E-state index in [4.69, 9.17) is 13.9 Å². The number of ether oxygens (including phenoxy) is 2. The fraction of sp³-hybridized carbons (Fsp3) is 0.450. The van der Waals surface area contributed by atoms with Crippen LogP contribution in [0, 0.1) is 13.8 Å². The smallest absolute Gasteiger partial charge is 0.407 e. The number of nitrogens with one attached hydrogen (secondary N) is 1. The van der Waals surface area contributed by atoms with Crippen LogP contribution in [0.4, 0.5) is 4.79 Å². The van der Waals surface area contributed by atoms with E-state index in [1.54, 1.807) is 39.8 Å². The van der Waals surface area contributed by atoms with Gasteiger partial charge in [-0.2, -0.15) is 0 Å². The molecule has 0 atom stereocenters. The molecule has 27 heavy (non-hydrogen) atoms. The van der Waals surface area contributed by atoms with E-state index in [-0.39, 0.29) is 6.42 Å². The SMILES string of the molecule is Cc1cc(=O)oc2c(C)c(OC(=O)CCCNC(=O)OC(C)(C)C)ccc12. The predicted molar refractivity (Wildman–Crippen MR) is 101 cm³/mol. The van der Waals surface area contributed by atoms with Gasteiger partial charge >= 0.3 is 17.7 Å². The Kier molecular flexibility index (Phi) is 6.25. The summed E-state index contributed by atoms with van der Waals surface area (Å²) in [5, 5.41) is 3.39. The molecule has 1 N–H and O–H groups in total. The lowest BCUT2D eigenvalue weighted by Crippen LogP contribution is -2.33. The van der Waals surface area contributed by atoms with Crippen LogP contribution in [0.3, 0.4) is 0 Å². The van der Waals surface area contributed by atoms with E-state index >= 15 is 0 Å². The minimum atomic E-state index is -0.565. The number of fused-ring (bicyclic) bond motifs is 1. The number of amides is 1. The molecule has 0 unspecified atom stereocenters. The molecule has 1 aromatic heterocycles. The average Bonchev–Trinajstić information content (AvgIpc) is 2.53. The zero-order chi connectivity index (χ0) is 20.2. The lowest BCUT2D eigenvalue weighted by molar-refractivity contribution is -0.134. The molecule has 0 saturated carbocycles. The quantitative estimate of drug-likeness (QED) is 0.371. The zero-order valence-electron chi connectivity index (χ0n) is 16.3. The normalized spacial score (nSPS) is 11.3. The van der Waals surface area contributed by atoms with Gasteiger partial charge in [-0.1, -0.05) is 0 Å². The highest BCUT2D eigenvalue weighted by atomic mass is 16.6. The van der Waals surface area contributed by atoms with E-state index in [2.05, 4.69) is 5.32 Å². The maximum Gasteiger partial charge on any atom is 0.407 e. The van der Waals surface area contributed by atoms with Crippen LogP contribution in [-0.2, 0) is 9.53 Å². The lowest BCUT2D eigenvalue weighted by atomic mass is 10.1. The van der Waals surface area contributed by atoms with Crippen molar-refractivity contribution in [3.63, 3.8) is 0 Å². The van der Waals surface area contributed by atoms with Crippen LogP contribution >= 0.6 is 0 Å². The highest BCUT2D eigenvalue weighted by Crippen LogP contribution is 2.28. The van der Waals surface area contributed by atoms with Gasteiger partial charge in [0.15, 0.2) is 0 Å². The fourth-order valence-electron chi connectivity index (χ4n) is 2.52. The van der Waals surface area contributed by atoms with Crippen molar-refractivity contribution in [3.05, 3.63) is 39.7 Å². The number of carbonyl (C=O) groups excluding carboxylic acids is 2. The van der Waals surface area contributed by atoms with Gasteiger partial charge < -0.3 is 19.2 Å². The second kappa shape index (κ2) is 8.24. The van der Waals surface area contributed by atoms with E-state index in [0.717, 1.165) is 10.9 Å². The van der Waals surface area contributed by atoms with E-state index < -0.39 is 23.3 Å². The summed E-state index contributed by atoms with van der Waals surface area (Å²) in [6.45, 7) is 9.19. The van der Waals surface area contributed by atoms with Crippen LogP contribution in [0.25, 0.3) is 11.0 Å². The number of hydrogen-bond donors (Lipinski definition) is 1. The molecule has 0 radical (unpaired) electrons. The summed E-state index contributed by atoms with van der Waals surface area (Å²) in [4.78, 5) is 35.2. The van der Waals surface area contributed by atoms with Crippen LogP contribution in [0.2, 0.25) is 0 Å². The third-order valence-corrected chi connectivity index (χ3v) is 3.77. The van der Waals surface area contributed by atoms with Crippen LogP contribution < -0.4 is 15.7 Å².